The van der Waals surface area contributed by atoms with Crippen LogP contribution in [0.1, 0.15) is 0 Å². The summed E-state index contributed by atoms with van der Waals surface area (Å²) in [5.41, 5.74) is 10.7. The summed E-state index contributed by atoms with van der Waals surface area (Å²) >= 11 is 0. The molecular formula is C40H27N3. The second kappa shape index (κ2) is 10.6. The quantitative estimate of drug-likeness (QED) is 0.214. The molecular weight excluding hydrogens is 522 g/mol. The van der Waals surface area contributed by atoms with E-state index in [0.29, 0.717) is 5.82 Å². The van der Waals surface area contributed by atoms with Crippen LogP contribution in [0.25, 0.3) is 72.5 Å². The molecule has 6 aromatic carbocycles. The van der Waals surface area contributed by atoms with Crippen LogP contribution in [0.4, 0.5) is 0 Å². The highest BCUT2D eigenvalue weighted by Crippen LogP contribution is 2.34. The van der Waals surface area contributed by atoms with Gasteiger partial charge in [0.25, 0.3) is 0 Å². The first kappa shape index (κ1) is 25.0. The molecule has 8 rings (SSSR count). The van der Waals surface area contributed by atoms with Crippen molar-refractivity contribution in [2.45, 2.75) is 0 Å². The first-order chi connectivity index (χ1) is 21.3. The smallest absolute Gasteiger partial charge is 0.160 e. The molecule has 0 unspecified atom stereocenters. The zero-order valence-corrected chi connectivity index (χ0v) is 23.4. The monoisotopic (exact) mass is 549 g/mol. The number of benzene rings is 6. The van der Waals surface area contributed by atoms with Gasteiger partial charge in [-0.25, -0.2) is 9.97 Å². The first-order valence-corrected chi connectivity index (χ1v) is 14.5. The molecule has 0 saturated heterocycles. The Balaban J connectivity index is 1.25. The largest absolute Gasteiger partial charge is 0.309 e. The van der Waals surface area contributed by atoms with Crippen LogP contribution in [-0.4, -0.2) is 14.5 Å². The van der Waals surface area contributed by atoms with Crippen LogP contribution < -0.4 is 0 Å². The molecule has 202 valence electrons. The Morgan fingerprint density at radius 3 is 1.47 bits per heavy atom. The van der Waals surface area contributed by atoms with Crippen molar-refractivity contribution >= 4 is 21.8 Å². The number of aromatic nitrogens is 3. The Morgan fingerprint density at radius 1 is 0.349 bits per heavy atom. The molecule has 3 heteroatoms. The van der Waals surface area contributed by atoms with Gasteiger partial charge in [-0.05, 0) is 47.5 Å². The predicted molar refractivity (Wildman–Crippen MR) is 178 cm³/mol. The number of nitrogens with zero attached hydrogens (tertiary/aromatic N) is 3. The highest BCUT2D eigenvalue weighted by atomic mass is 15.0. The summed E-state index contributed by atoms with van der Waals surface area (Å²) in [5, 5.41) is 2.51. The van der Waals surface area contributed by atoms with Crippen LogP contribution >= 0.6 is 0 Å². The van der Waals surface area contributed by atoms with E-state index in [-0.39, 0.29) is 0 Å². The summed E-state index contributed by atoms with van der Waals surface area (Å²) in [6.07, 6.45) is 0. The van der Waals surface area contributed by atoms with Crippen LogP contribution in [0, 0.1) is 0 Å². The summed E-state index contributed by atoms with van der Waals surface area (Å²) < 4.78 is 2.34. The van der Waals surface area contributed by atoms with Crippen LogP contribution in [0.2, 0.25) is 0 Å². The summed E-state index contributed by atoms with van der Waals surface area (Å²) in [5.74, 6) is 0.709. The maximum Gasteiger partial charge on any atom is 0.160 e. The van der Waals surface area contributed by atoms with Crippen molar-refractivity contribution in [3.05, 3.63) is 164 Å². The molecule has 0 atom stereocenters. The fourth-order valence-electron chi connectivity index (χ4n) is 5.93. The van der Waals surface area contributed by atoms with Gasteiger partial charge in [0.05, 0.1) is 22.4 Å². The second-order valence-corrected chi connectivity index (χ2v) is 10.7. The van der Waals surface area contributed by atoms with Gasteiger partial charge >= 0.3 is 0 Å². The van der Waals surface area contributed by atoms with E-state index in [4.69, 9.17) is 9.97 Å². The van der Waals surface area contributed by atoms with Gasteiger partial charge in [0.15, 0.2) is 5.82 Å². The van der Waals surface area contributed by atoms with Crippen molar-refractivity contribution in [2.24, 2.45) is 0 Å². The topological polar surface area (TPSA) is 30.7 Å². The summed E-state index contributed by atoms with van der Waals surface area (Å²) in [4.78, 5) is 10.2. The first-order valence-electron chi connectivity index (χ1n) is 14.5. The SMILES string of the molecule is c1ccc(-c2cccc(-c3nc(-c4ccccc4)cc(-c4ccc(-n5c6ccccc6c6ccccc65)cc4)n3)c2)cc1. The number of para-hydroxylation sites is 2. The summed E-state index contributed by atoms with van der Waals surface area (Å²) in [6, 6.07) is 57.2. The highest BCUT2D eigenvalue weighted by molar-refractivity contribution is 6.09. The van der Waals surface area contributed by atoms with Crippen molar-refractivity contribution in [1.29, 1.82) is 0 Å². The van der Waals surface area contributed by atoms with Crippen LogP contribution in [0.3, 0.4) is 0 Å². The molecule has 43 heavy (non-hydrogen) atoms. The minimum absolute atomic E-state index is 0.709. The van der Waals surface area contributed by atoms with Crippen LogP contribution in [0.5, 0.6) is 0 Å². The molecule has 0 spiro atoms. The molecule has 2 heterocycles. The summed E-state index contributed by atoms with van der Waals surface area (Å²) in [7, 11) is 0. The number of hydrogen-bond acceptors (Lipinski definition) is 2. The third-order valence-corrected chi connectivity index (χ3v) is 8.02. The lowest BCUT2D eigenvalue weighted by Crippen LogP contribution is -1.97. The number of fused-ring (bicyclic) bond motifs is 3. The van der Waals surface area contributed by atoms with Gasteiger partial charge in [-0.1, -0.05) is 127 Å². The van der Waals surface area contributed by atoms with Gasteiger partial charge < -0.3 is 4.57 Å². The Hall–Kier alpha value is -5.80. The lowest BCUT2D eigenvalue weighted by atomic mass is 10.0. The zero-order chi connectivity index (χ0) is 28.6. The maximum absolute atomic E-state index is 5.11. The molecule has 2 aromatic heterocycles. The average Bonchev–Trinajstić information content (AvgIpc) is 3.43. The molecule has 0 bridgehead atoms. The minimum Gasteiger partial charge on any atom is -0.309 e. The van der Waals surface area contributed by atoms with Gasteiger partial charge in [-0.2, -0.15) is 0 Å². The van der Waals surface area contributed by atoms with E-state index in [1.807, 2.05) is 24.3 Å². The average molecular weight is 550 g/mol. The van der Waals surface area contributed by atoms with Gasteiger partial charge in [-0.3, -0.25) is 0 Å². The Bertz CT molecular complexity index is 2160. The Kier molecular flexibility index (Phi) is 6.12. The van der Waals surface area contributed by atoms with Gasteiger partial charge in [0.2, 0.25) is 0 Å². The third kappa shape index (κ3) is 4.58. The fraction of sp³-hybridized carbons (Fsp3) is 0. The molecule has 3 nitrogen and oxygen atoms in total. The highest BCUT2D eigenvalue weighted by Gasteiger charge is 2.14. The van der Waals surface area contributed by atoms with Crippen LogP contribution in [-0.2, 0) is 0 Å². The van der Waals surface area contributed by atoms with E-state index in [1.165, 1.54) is 27.4 Å². The normalized spacial score (nSPS) is 11.3. The van der Waals surface area contributed by atoms with E-state index < -0.39 is 0 Å². The number of rotatable bonds is 5. The zero-order valence-electron chi connectivity index (χ0n) is 23.4. The molecule has 0 fully saturated rings. The van der Waals surface area contributed by atoms with E-state index in [0.717, 1.165) is 39.3 Å². The molecule has 0 aliphatic rings. The molecule has 8 aromatic rings. The molecule has 0 aliphatic heterocycles. The van der Waals surface area contributed by atoms with Crippen molar-refractivity contribution in [2.75, 3.05) is 0 Å². The third-order valence-electron chi connectivity index (χ3n) is 8.02. The van der Waals surface area contributed by atoms with Gasteiger partial charge in [0.1, 0.15) is 0 Å². The van der Waals surface area contributed by atoms with Gasteiger partial charge in [0, 0.05) is 33.2 Å². The lowest BCUT2D eigenvalue weighted by Gasteiger charge is -2.12. The standard InChI is InChI=1S/C40H27N3/c1-3-12-28(13-4-1)31-16-11-17-32(26-31)40-41-36(29-14-5-2-6-15-29)27-37(42-40)30-22-24-33(25-23-30)43-38-20-9-7-18-34(38)35-19-8-10-21-39(35)43/h1-27H. The molecule has 0 amide bonds. The van der Waals surface area contributed by atoms with Crippen molar-refractivity contribution in [3.63, 3.8) is 0 Å². The van der Waals surface area contributed by atoms with Gasteiger partial charge in [-0.15, -0.1) is 0 Å². The predicted octanol–water partition coefficient (Wildman–Crippen LogP) is 10.2. The summed E-state index contributed by atoms with van der Waals surface area (Å²) in [6.45, 7) is 0. The molecule has 0 N–H and O–H groups in total. The van der Waals surface area contributed by atoms with E-state index in [1.54, 1.807) is 0 Å². The number of hydrogen-bond donors (Lipinski definition) is 0. The minimum atomic E-state index is 0.709. The maximum atomic E-state index is 5.11. The Morgan fingerprint density at radius 2 is 0.837 bits per heavy atom. The van der Waals surface area contributed by atoms with Crippen molar-refractivity contribution in [1.82, 2.24) is 14.5 Å². The molecule has 0 aliphatic carbocycles. The van der Waals surface area contributed by atoms with Crippen molar-refractivity contribution in [3.8, 4) is 50.7 Å². The molecule has 0 radical (unpaired) electrons. The van der Waals surface area contributed by atoms with E-state index in [9.17, 15) is 0 Å². The van der Waals surface area contributed by atoms with Crippen molar-refractivity contribution < 1.29 is 0 Å². The fourth-order valence-corrected chi connectivity index (χ4v) is 5.93. The van der Waals surface area contributed by atoms with E-state index in [2.05, 4.69) is 144 Å². The second-order valence-electron chi connectivity index (χ2n) is 10.7. The Labute approximate surface area is 250 Å². The van der Waals surface area contributed by atoms with Crippen LogP contribution in [0.15, 0.2) is 164 Å². The lowest BCUT2D eigenvalue weighted by molar-refractivity contribution is 1.17. The molecule has 0 saturated carbocycles. The van der Waals surface area contributed by atoms with E-state index >= 15 is 0 Å².